The molecule has 3 heterocycles. The Balaban J connectivity index is 1.48. The number of epoxide rings is 2. The van der Waals surface area contributed by atoms with Gasteiger partial charge in [0.2, 0.25) is 0 Å². The first kappa shape index (κ1) is 14.9. The van der Waals surface area contributed by atoms with E-state index in [4.69, 9.17) is 14.2 Å². The van der Waals surface area contributed by atoms with Crippen LogP contribution in [0.15, 0.2) is 22.8 Å². The Morgan fingerprint density at radius 1 is 1.28 bits per heavy atom. The van der Waals surface area contributed by atoms with Gasteiger partial charge in [0.15, 0.2) is 0 Å². The molecule has 0 amide bonds. The fourth-order valence-electron chi connectivity index (χ4n) is 6.71. The zero-order chi connectivity index (χ0) is 17.4. The first-order valence-electron chi connectivity index (χ1n) is 9.51. The fourth-order valence-corrected chi connectivity index (χ4v) is 6.71. The molecule has 6 aliphatic rings. The van der Waals surface area contributed by atoms with Crippen molar-refractivity contribution in [3.63, 3.8) is 0 Å². The second-order valence-electron chi connectivity index (χ2n) is 9.17. The number of aliphatic hydroxyl groups excluding tert-OH is 1. The molecular weight excluding hydrogens is 320 g/mol. The van der Waals surface area contributed by atoms with Crippen LogP contribution >= 0.6 is 0 Å². The van der Waals surface area contributed by atoms with E-state index in [1.54, 1.807) is 0 Å². The number of allylic oxidation sites excluding steroid dienone is 1. The number of rotatable bonds is 1. The van der Waals surface area contributed by atoms with E-state index in [9.17, 15) is 9.90 Å². The summed E-state index contributed by atoms with van der Waals surface area (Å²) in [6, 6.07) is 0. The quantitative estimate of drug-likeness (QED) is 0.447. The second-order valence-corrected chi connectivity index (χ2v) is 9.17. The summed E-state index contributed by atoms with van der Waals surface area (Å²) in [7, 11) is 0. The van der Waals surface area contributed by atoms with Crippen molar-refractivity contribution in [2.45, 2.75) is 69.5 Å². The Kier molecular flexibility index (Phi) is 2.42. The van der Waals surface area contributed by atoms with Gasteiger partial charge in [-0.15, -0.1) is 0 Å². The predicted octanol–water partition coefficient (Wildman–Crippen LogP) is 1.89. The van der Waals surface area contributed by atoms with E-state index in [2.05, 4.69) is 26.8 Å². The van der Waals surface area contributed by atoms with Crippen molar-refractivity contribution in [2.75, 3.05) is 6.61 Å². The topological polar surface area (TPSA) is 71.6 Å². The number of esters is 1. The fraction of sp³-hybridized carbons (Fsp3) is 0.750. The van der Waals surface area contributed by atoms with E-state index in [1.165, 1.54) is 5.57 Å². The Morgan fingerprint density at radius 2 is 2.08 bits per heavy atom. The molecule has 1 N–H and O–H groups in total. The Labute approximate surface area is 147 Å². The first-order chi connectivity index (χ1) is 11.9. The molecule has 0 radical (unpaired) electrons. The molecule has 3 fully saturated rings. The molecular formula is C20H24O5. The van der Waals surface area contributed by atoms with E-state index in [1.807, 2.05) is 0 Å². The average Bonchev–Trinajstić information content (AvgIpc) is 3.44. The minimum absolute atomic E-state index is 0.00735. The highest BCUT2D eigenvalue weighted by atomic mass is 16.7. The number of hydrogen-bond donors (Lipinski definition) is 1. The van der Waals surface area contributed by atoms with Crippen LogP contribution in [0.25, 0.3) is 0 Å². The summed E-state index contributed by atoms with van der Waals surface area (Å²) in [4.78, 5) is 12.0. The monoisotopic (exact) mass is 344 g/mol. The molecule has 5 heteroatoms. The highest BCUT2D eigenvalue weighted by Gasteiger charge is 2.87. The van der Waals surface area contributed by atoms with Gasteiger partial charge in [0.1, 0.15) is 36.1 Å². The predicted molar refractivity (Wildman–Crippen MR) is 87.6 cm³/mol. The third-order valence-corrected chi connectivity index (χ3v) is 8.20. The molecule has 25 heavy (non-hydrogen) atoms. The molecule has 6 rings (SSSR count). The molecule has 2 saturated heterocycles. The average molecular weight is 344 g/mol. The molecule has 134 valence electrons. The van der Waals surface area contributed by atoms with Gasteiger partial charge in [-0.05, 0) is 42.2 Å². The third kappa shape index (κ3) is 1.34. The summed E-state index contributed by atoms with van der Waals surface area (Å²) >= 11 is 0. The van der Waals surface area contributed by atoms with Crippen LogP contribution in [0.2, 0.25) is 0 Å². The van der Waals surface area contributed by atoms with Gasteiger partial charge in [-0.25, -0.2) is 4.79 Å². The number of ether oxygens (including phenoxy) is 3. The third-order valence-electron chi connectivity index (χ3n) is 8.20. The van der Waals surface area contributed by atoms with Gasteiger partial charge in [0, 0.05) is 11.0 Å². The van der Waals surface area contributed by atoms with Gasteiger partial charge in [0.25, 0.3) is 0 Å². The van der Waals surface area contributed by atoms with Crippen LogP contribution in [0, 0.1) is 17.3 Å². The van der Waals surface area contributed by atoms with Crippen molar-refractivity contribution >= 4 is 5.97 Å². The Bertz CT molecular complexity index is 781. The lowest BCUT2D eigenvalue weighted by molar-refractivity contribution is -0.136. The normalized spacial score (nSPS) is 54.8. The summed E-state index contributed by atoms with van der Waals surface area (Å²) in [6.45, 7) is 6.95. The molecule has 3 aliphatic carbocycles. The lowest BCUT2D eigenvalue weighted by Gasteiger charge is -2.51. The molecule has 3 aliphatic heterocycles. The van der Waals surface area contributed by atoms with E-state index >= 15 is 0 Å². The van der Waals surface area contributed by atoms with Crippen LogP contribution in [0.5, 0.6) is 0 Å². The summed E-state index contributed by atoms with van der Waals surface area (Å²) < 4.78 is 17.8. The molecule has 0 aromatic carbocycles. The van der Waals surface area contributed by atoms with Gasteiger partial charge >= 0.3 is 5.97 Å². The van der Waals surface area contributed by atoms with Crippen LogP contribution in [-0.4, -0.2) is 47.2 Å². The van der Waals surface area contributed by atoms with Crippen molar-refractivity contribution in [2.24, 2.45) is 17.3 Å². The smallest absolute Gasteiger partial charge is 0.334 e. The maximum atomic E-state index is 12.0. The molecule has 1 saturated carbocycles. The van der Waals surface area contributed by atoms with Crippen molar-refractivity contribution in [1.29, 1.82) is 0 Å². The standard InChI is InChI=1S/C20H24O5/c1-9(2)19-14(21)13-5-4-12-11-8-23-17(22)10(11)6-7-18(12,3)20(13)16(25-20)15(19)24-19/h5,9,12,14-16,21H,4,6-8H2,1-3H3/t12-,14-,15-,16-,18-,19+,20+/m0/s1. The zero-order valence-electron chi connectivity index (χ0n) is 14.9. The lowest BCUT2D eigenvalue weighted by atomic mass is 9.50. The van der Waals surface area contributed by atoms with Crippen LogP contribution in [0.4, 0.5) is 0 Å². The molecule has 1 spiro atoms. The van der Waals surface area contributed by atoms with Crippen LogP contribution < -0.4 is 0 Å². The maximum Gasteiger partial charge on any atom is 0.334 e. The van der Waals surface area contributed by atoms with Gasteiger partial charge < -0.3 is 19.3 Å². The number of carbonyl (C=O) groups excluding carboxylic acids is 1. The summed E-state index contributed by atoms with van der Waals surface area (Å²) in [5, 5.41) is 11.2. The zero-order valence-corrected chi connectivity index (χ0v) is 14.9. The minimum Gasteiger partial charge on any atom is -0.458 e. The lowest BCUT2D eigenvalue weighted by Crippen LogP contribution is -2.58. The molecule has 0 aromatic rings. The SMILES string of the molecule is CC(C)[C@]12O[C@H]1[C@@H]1O[C@]13C(=CC[C@H]1C4=C(CC[C@@]13C)C(=O)OC4)[C@@H]2O. The molecule has 5 nitrogen and oxygen atoms in total. The number of carbonyl (C=O) groups is 1. The molecule has 0 bridgehead atoms. The van der Waals surface area contributed by atoms with Gasteiger partial charge in [-0.2, -0.15) is 0 Å². The van der Waals surface area contributed by atoms with Crippen molar-refractivity contribution in [1.82, 2.24) is 0 Å². The summed E-state index contributed by atoms with van der Waals surface area (Å²) in [5.74, 6) is 0.377. The van der Waals surface area contributed by atoms with Crippen molar-refractivity contribution in [3.05, 3.63) is 22.8 Å². The van der Waals surface area contributed by atoms with Gasteiger partial charge in [0.05, 0.1) is 0 Å². The highest BCUT2D eigenvalue weighted by molar-refractivity contribution is 5.92. The number of hydrogen-bond acceptors (Lipinski definition) is 5. The van der Waals surface area contributed by atoms with Crippen LogP contribution in [0.1, 0.15) is 40.0 Å². The largest absolute Gasteiger partial charge is 0.458 e. The number of aliphatic hydroxyl groups is 1. The van der Waals surface area contributed by atoms with E-state index in [-0.39, 0.29) is 35.4 Å². The van der Waals surface area contributed by atoms with E-state index in [0.29, 0.717) is 6.61 Å². The minimum atomic E-state index is -0.592. The van der Waals surface area contributed by atoms with Gasteiger partial charge in [-0.1, -0.05) is 26.8 Å². The van der Waals surface area contributed by atoms with Crippen LogP contribution in [-0.2, 0) is 19.0 Å². The Hall–Kier alpha value is -1.17. The van der Waals surface area contributed by atoms with Crippen molar-refractivity contribution < 1.29 is 24.1 Å². The second kappa shape index (κ2) is 4.05. The van der Waals surface area contributed by atoms with Gasteiger partial charge in [-0.3, -0.25) is 0 Å². The molecule has 0 unspecified atom stereocenters. The number of fused-ring (bicyclic) bond motifs is 4. The summed E-state index contributed by atoms with van der Waals surface area (Å²) in [6.07, 6.45) is 4.11. The van der Waals surface area contributed by atoms with Crippen LogP contribution in [0.3, 0.4) is 0 Å². The maximum absolute atomic E-state index is 12.0. The molecule has 7 atom stereocenters. The number of cyclic esters (lactones) is 1. The van der Waals surface area contributed by atoms with E-state index < -0.39 is 17.3 Å². The Morgan fingerprint density at radius 3 is 2.84 bits per heavy atom. The van der Waals surface area contributed by atoms with E-state index in [0.717, 1.165) is 30.4 Å². The highest BCUT2D eigenvalue weighted by Crippen LogP contribution is 2.75. The van der Waals surface area contributed by atoms with Crippen molar-refractivity contribution in [3.8, 4) is 0 Å². The summed E-state index contributed by atoms with van der Waals surface area (Å²) in [5.41, 5.74) is 2.11. The molecule has 0 aromatic heterocycles. The first-order valence-corrected chi connectivity index (χ1v) is 9.51.